The molecule has 1 N–H and O–H groups in total. The second-order valence-electron chi connectivity index (χ2n) is 10.6. The minimum atomic E-state index is -0.722. The van der Waals surface area contributed by atoms with Gasteiger partial charge in [-0.2, -0.15) is 0 Å². The summed E-state index contributed by atoms with van der Waals surface area (Å²) < 4.78 is 10.3. The number of hydrogen-bond donors (Lipinski definition) is 1. The summed E-state index contributed by atoms with van der Waals surface area (Å²) in [5.41, 5.74) is -0.208. The SMILES string of the molecule is CCC(C)(C)C(=O)O.CCC(C)(C)C(=O)OCc1ccccc1.CCCCOC(=O)C(C)(C)CC. The van der Waals surface area contributed by atoms with E-state index in [1.165, 1.54) is 0 Å². The second kappa shape index (κ2) is 17.1. The Kier molecular flexibility index (Phi) is 17.0. The van der Waals surface area contributed by atoms with Crippen LogP contribution in [-0.4, -0.2) is 29.6 Å². The lowest BCUT2D eigenvalue weighted by atomic mass is 9.91. The number of carboxylic acid groups (broad SMARTS) is 1. The summed E-state index contributed by atoms with van der Waals surface area (Å²) in [6.07, 6.45) is 4.34. The Hall–Kier alpha value is -2.37. The van der Waals surface area contributed by atoms with Crippen LogP contribution in [0.2, 0.25) is 0 Å². The maximum Gasteiger partial charge on any atom is 0.311 e. The molecule has 0 fully saturated rings. The molecule has 0 heterocycles. The Balaban J connectivity index is 0. The fraction of sp³-hybridized carbons (Fsp3) is 0.690. The summed E-state index contributed by atoms with van der Waals surface area (Å²) >= 11 is 0. The standard InChI is InChI=1S/C13H18O2.C10H20O2.C6H12O2/c1-4-13(2,3)12(14)15-10-11-8-6-5-7-9-11;1-5-7-8-12-9(11)10(3,4)6-2;1-4-6(2,3)5(7)8/h5-9H,4,10H2,1-3H3;5-8H2,1-4H3;4H2,1-3H3,(H,7,8). The van der Waals surface area contributed by atoms with E-state index in [1.54, 1.807) is 13.8 Å². The maximum absolute atomic E-state index is 11.6. The van der Waals surface area contributed by atoms with Crippen LogP contribution < -0.4 is 0 Å². The molecular formula is C29H50O6. The number of carboxylic acids is 1. The van der Waals surface area contributed by atoms with Crippen LogP contribution >= 0.6 is 0 Å². The van der Waals surface area contributed by atoms with Crippen LogP contribution in [0.4, 0.5) is 0 Å². The van der Waals surface area contributed by atoms with E-state index in [1.807, 2.05) is 78.8 Å². The molecule has 6 nitrogen and oxygen atoms in total. The van der Waals surface area contributed by atoms with E-state index in [0.29, 0.717) is 19.6 Å². The Morgan fingerprint density at radius 3 is 1.49 bits per heavy atom. The summed E-state index contributed by atoms with van der Waals surface area (Å²) in [6.45, 7) is 20.0. The highest BCUT2D eigenvalue weighted by Gasteiger charge is 2.27. The molecule has 0 saturated carbocycles. The van der Waals surface area contributed by atoms with Crippen molar-refractivity contribution in [1.29, 1.82) is 0 Å². The zero-order valence-corrected chi connectivity index (χ0v) is 23.8. The molecule has 0 saturated heterocycles. The van der Waals surface area contributed by atoms with E-state index >= 15 is 0 Å². The number of esters is 2. The van der Waals surface area contributed by atoms with Gasteiger partial charge in [-0.05, 0) is 72.8 Å². The first-order valence-electron chi connectivity index (χ1n) is 12.7. The van der Waals surface area contributed by atoms with Crippen LogP contribution in [0.1, 0.15) is 107 Å². The van der Waals surface area contributed by atoms with Gasteiger partial charge in [-0.3, -0.25) is 14.4 Å². The van der Waals surface area contributed by atoms with Gasteiger partial charge in [0.2, 0.25) is 0 Å². The van der Waals surface area contributed by atoms with Crippen molar-refractivity contribution in [3.05, 3.63) is 35.9 Å². The van der Waals surface area contributed by atoms with Crippen molar-refractivity contribution in [1.82, 2.24) is 0 Å². The molecule has 0 atom stereocenters. The molecule has 1 aromatic carbocycles. The zero-order chi connectivity index (χ0) is 27.7. The molecule has 0 bridgehead atoms. The first kappa shape index (κ1) is 34.8. The van der Waals surface area contributed by atoms with Crippen molar-refractivity contribution in [2.45, 2.75) is 108 Å². The largest absolute Gasteiger partial charge is 0.481 e. The second-order valence-corrected chi connectivity index (χ2v) is 10.6. The van der Waals surface area contributed by atoms with Gasteiger partial charge in [-0.25, -0.2) is 0 Å². The summed E-state index contributed by atoms with van der Waals surface area (Å²) in [5, 5.41) is 8.44. The number of benzene rings is 1. The maximum atomic E-state index is 11.6. The first-order valence-corrected chi connectivity index (χ1v) is 12.7. The Bertz CT molecular complexity index is 735. The van der Waals surface area contributed by atoms with Crippen molar-refractivity contribution in [2.24, 2.45) is 16.2 Å². The van der Waals surface area contributed by atoms with Gasteiger partial charge in [0.05, 0.1) is 22.9 Å². The molecule has 1 rings (SSSR count). The van der Waals surface area contributed by atoms with Gasteiger partial charge < -0.3 is 14.6 Å². The van der Waals surface area contributed by atoms with Crippen molar-refractivity contribution in [3.8, 4) is 0 Å². The number of unbranched alkanes of at least 4 members (excludes halogenated alkanes) is 1. The highest BCUT2D eigenvalue weighted by Crippen LogP contribution is 2.22. The van der Waals surface area contributed by atoms with E-state index in [2.05, 4.69) is 6.92 Å². The van der Waals surface area contributed by atoms with Crippen LogP contribution in [0.25, 0.3) is 0 Å². The summed E-state index contributed by atoms with van der Waals surface area (Å²) in [4.78, 5) is 33.2. The molecule has 0 aromatic heterocycles. The minimum Gasteiger partial charge on any atom is -0.481 e. The van der Waals surface area contributed by atoms with Gasteiger partial charge in [0, 0.05) is 0 Å². The predicted octanol–water partition coefficient (Wildman–Crippen LogP) is 7.44. The Morgan fingerprint density at radius 1 is 0.714 bits per heavy atom. The fourth-order valence-corrected chi connectivity index (χ4v) is 1.86. The molecular weight excluding hydrogens is 444 g/mol. The van der Waals surface area contributed by atoms with Crippen LogP contribution in [0.5, 0.6) is 0 Å². The lowest BCUT2D eigenvalue weighted by molar-refractivity contribution is -0.155. The van der Waals surface area contributed by atoms with Gasteiger partial charge in [-0.15, -0.1) is 0 Å². The Morgan fingerprint density at radius 2 is 1.14 bits per heavy atom. The van der Waals surface area contributed by atoms with Gasteiger partial charge in [0.25, 0.3) is 0 Å². The van der Waals surface area contributed by atoms with Crippen LogP contribution in [0.15, 0.2) is 30.3 Å². The first-order chi connectivity index (χ1) is 16.1. The van der Waals surface area contributed by atoms with E-state index in [0.717, 1.165) is 31.2 Å². The number of hydrogen-bond acceptors (Lipinski definition) is 5. The molecule has 0 aliphatic carbocycles. The third kappa shape index (κ3) is 15.3. The highest BCUT2D eigenvalue weighted by atomic mass is 16.5. The number of rotatable bonds is 11. The average molecular weight is 495 g/mol. The summed E-state index contributed by atoms with van der Waals surface area (Å²) in [6, 6.07) is 9.72. The molecule has 0 unspecified atom stereocenters. The highest BCUT2D eigenvalue weighted by molar-refractivity contribution is 5.76. The van der Waals surface area contributed by atoms with E-state index in [9.17, 15) is 14.4 Å². The summed E-state index contributed by atoms with van der Waals surface area (Å²) in [5.74, 6) is -0.924. The van der Waals surface area contributed by atoms with Crippen LogP contribution in [0.3, 0.4) is 0 Å². The van der Waals surface area contributed by atoms with Gasteiger partial charge >= 0.3 is 17.9 Å². The van der Waals surface area contributed by atoms with E-state index in [4.69, 9.17) is 14.6 Å². The molecule has 0 aliphatic rings. The van der Waals surface area contributed by atoms with Crippen molar-refractivity contribution < 1.29 is 29.0 Å². The number of carbonyl (C=O) groups is 3. The molecule has 35 heavy (non-hydrogen) atoms. The van der Waals surface area contributed by atoms with Crippen molar-refractivity contribution >= 4 is 17.9 Å². The minimum absolute atomic E-state index is 0.0709. The Labute approximate surface area is 213 Å². The van der Waals surface area contributed by atoms with Crippen molar-refractivity contribution in [3.63, 3.8) is 0 Å². The molecule has 202 valence electrons. The topological polar surface area (TPSA) is 89.9 Å². The lowest BCUT2D eigenvalue weighted by Gasteiger charge is -2.20. The van der Waals surface area contributed by atoms with Gasteiger partial charge in [0.1, 0.15) is 6.61 Å². The van der Waals surface area contributed by atoms with Crippen molar-refractivity contribution in [2.75, 3.05) is 6.61 Å². The smallest absolute Gasteiger partial charge is 0.311 e. The third-order valence-corrected chi connectivity index (χ3v) is 6.28. The molecule has 0 spiro atoms. The number of ether oxygens (including phenoxy) is 2. The van der Waals surface area contributed by atoms with Crippen LogP contribution in [0, 0.1) is 16.2 Å². The van der Waals surface area contributed by atoms with Gasteiger partial charge in [-0.1, -0.05) is 64.4 Å². The van der Waals surface area contributed by atoms with E-state index in [-0.39, 0.29) is 22.8 Å². The molecule has 0 amide bonds. The zero-order valence-electron chi connectivity index (χ0n) is 23.8. The fourth-order valence-electron chi connectivity index (χ4n) is 1.86. The molecule has 1 aromatic rings. The van der Waals surface area contributed by atoms with E-state index < -0.39 is 11.4 Å². The normalized spacial score (nSPS) is 11.3. The average Bonchev–Trinajstić information content (AvgIpc) is 2.83. The number of aliphatic carboxylic acids is 1. The molecule has 0 aliphatic heterocycles. The van der Waals surface area contributed by atoms with Crippen LogP contribution in [-0.2, 0) is 30.5 Å². The van der Waals surface area contributed by atoms with Gasteiger partial charge in [0.15, 0.2) is 0 Å². The molecule has 6 heteroatoms. The quantitative estimate of drug-likeness (QED) is 0.254. The number of carbonyl (C=O) groups excluding carboxylic acids is 2. The lowest BCUT2D eigenvalue weighted by Crippen LogP contribution is -2.26. The third-order valence-electron chi connectivity index (χ3n) is 6.28. The summed E-state index contributed by atoms with van der Waals surface area (Å²) in [7, 11) is 0. The molecule has 0 radical (unpaired) electrons. The predicted molar refractivity (Wildman–Crippen MR) is 142 cm³/mol. The monoisotopic (exact) mass is 494 g/mol.